The lowest BCUT2D eigenvalue weighted by Crippen LogP contribution is -2.24. The molecule has 0 fully saturated rings. The zero-order valence-electron chi connectivity index (χ0n) is 20.7. The van der Waals surface area contributed by atoms with Crippen LogP contribution in [-0.2, 0) is 18.5 Å². The van der Waals surface area contributed by atoms with E-state index < -0.39 is 19.7 Å². The van der Waals surface area contributed by atoms with Gasteiger partial charge in [0.05, 0.1) is 22.7 Å². The summed E-state index contributed by atoms with van der Waals surface area (Å²) in [5, 5.41) is 7.38. The van der Waals surface area contributed by atoms with Gasteiger partial charge in [-0.3, -0.25) is 9.48 Å². The molecule has 4 rings (SSSR count). The minimum atomic E-state index is -1.24. The van der Waals surface area contributed by atoms with E-state index in [0.29, 0.717) is 35.4 Å². The number of aromatic nitrogens is 5. The predicted molar refractivity (Wildman–Crippen MR) is 134 cm³/mol. The molecular weight excluding hydrogens is 470 g/mol. The lowest BCUT2D eigenvalue weighted by Gasteiger charge is -2.15. The molecule has 1 amide bonds. The molecule has 8 nitrogen and oxygen atoms in total. The third-order valence-electron chi connectivity index (χ3n) is 5.68. The minimum absolute atomic E-state index is 0.147. The summed E-state index contributed by atoms with van der Waals surface area (Å²) in [6.45, 7) is 10.2. The summed E-state index contributed by atoms with van der Waals surface area (Å²) < 4.78 is 37.5. The Hall–Kier alpha value is -3.18. The van der Waals surface area contributed by atoms with Crippen LogP contribution in [0.2, 0.25) is 25.7 Å². The summed E-state index contributed by atoms with van der Waals surface area (Å²) >= 11 is 0. The van der Waals surface area contributed by atoms with E-state index >= 15 is 0 Å². The highest BCUT2D eigenvalue weighted by atomic mass is 28.3. The number of nitrogens with one attached hydrogen (secondary N) is 1. The van der Waals surface area contributed by atoms with E-state index in [9.17, 15) is 13.6 Å². The van der Waals surface area contributed by atoms with Gasteiger partial charge < -0.3 is 14.6 Å². The van der Waals surface area contributed by atoms with Crippen molar-refractivity contribution in [3.8, 4) is 11.4 Å². The van der Waals surface area contributed by atoms with Crippen LogP contribution in [0.5, 0.6) is 0 Å². The molecule has 1 N–H and O–H groups in total. The number of fused-ring (bicyclic) bond motifs is 2. The van der Waals surface area contributed by atoms with Gasteiger partial charge in [0, 0.05) is 40.5 Å². The van der Waals surface area contributed by atoms with E-state index in [1.54, 1.807) is 17.8 Å². The molecule has 35 heavy (non-hydrogen) atoms. The SMILES string of the molecule is CCCNC(=O)c1cn(COCC[Si](C)(C)C)c2ncc(-c3nn(C)c4cc(F)cc(F)c34)nc12. The average molecular weight is 501 g/mol. The van der Waals surface area contributed by atoms with Gasteiger partial charge in [-0.25, -0.2) is 18.7 Å². The summed E-state index contributed by atoms with van der Waals surface area (Å²) in [5.74, 6) is -1.70. The molecule has 0 aliphatic heterocycles. The Morgan fingerprint density at radius 3 is 2.71 bits per heavy atom. The van der Waals surface area contributed by atoms with Crippen molar-refractivity contribution in [3.63, 3.8) is 0 Å². The first-order valence-electron chi connectivity index (χ1n) is 11.6. The monoisotopic (exact) mass is 500 g/mol. The van der Waals surface area contributed by atoms with Crippen LogP contribution in [0.4, 0.5) is 8.78 Å². The van der Waals surface area contributed by atoms with Crippen LogP contribution < -0.4 is 5.32 Å². The van der Waals surface area contributed by atoms with Gasteiger partial charge in [-0.05, 0) is 18.5 Å². The van der Waals surface area contributed by atoms with Crippen molar-refractivity contribution in [2.75, 3.05) is 13.2 Å². The second kappa shape index (κ2) is 9.82. The van der Waals surface area contributed by atoms with Crippen LogP contribution in [0.15, 0.2) is 24.5 Å². The zero-order valence-corrected chi connectivity index (χ0v) is 21.7. The van der Waals surface area contributed by atoms with Gasteiger partial charge in [-0.1, -0.05) is 26.6 Å². The summed E-state index contributed by atoms with van der Waals surface area (Å²) in [7, 11) is 0.366. The van der Waals surface area contributed by atoms with Gasteiger partial charge in [-0.15, -0.1) is 0 Å². The van der Waals surface area contributed by atoms with Crippen LogP contribution in [-0.4, -0.2) is 51.4 Å². The molecule has 0 aliphatic rings. The Kier molecular flexibility index (Phi) is 6.99. The molecule has 0 saturated heterocycles. The molecule has 1 aromatic carbocycles. The number of rotatable bonds is 9. The summed E-state index contributed by atoms with van der Waals surface area (Å²) in [5.41, 5.74) is 2.02. The average Bonchev–Trinajstić information content (AvgIpc) is 3.32. The molecule has 3 aromatic heterocycles. The largest absolute Gasteiger partial charge is 0.361 e. The molecule has 3 heterocycles. The van der Waals surface area contributed by atoms with Crippen molar-refractivity contribution in [2.24, 2.45) is 7.05 Å². The molecule has 11 heteroatoms. The maximum Gasteiger partial charge on any atom is 0.255 e. The lowest BCUT2D eigenvalue weighted by molar-refractivity contribution is 0.0892. The number of nitrogens with zero attached hydrogens (tertiary/aromatic N) is 5. The second-order valence-corrected chi connectivity index (χ2v) is 15.4. The van der Waals surface area contributed by atoms with Crippen molar-refractivity contribution in [1.29, 1.82) is 0 Å². The first-order valence-corrected chi connectivity index (χ1v) is 15.3. The Morgan fingerprint density at radius 1 is 1.23 bits per heavy atom. The maximum absolute atomic E-state index is 14.7. The van der Waals surface area contributed by atoms with E-state index in [2.05, 4.69) is 40.0 Å². The van der Waals surface area contributed by atoms with Gasteiger partial charge in [0.15, 0.2) is 5.65 Å². The molecule has 0 spiro atoms. The number of aryl methyl sites for hydroxylation is 1. The van der Waals surface area contributed by atoms with Gasteiger partial charge >= 0.3 is 0 Å². The smallest absolute Gasteiger partial charge is 0.255 e. The molecule has 0 aliphatic carbocycles. The van der Waals surface area contributed by atoms with Gasteiger partial charge in [0.2, 0.25) is 0 Å². The fourth-order valence-corrected chi connectivity index (χ4v) is 4.54. The zero-order chi connectivity index (χ0) is 25.3. The Balaban J connectivity index is 1.77. The van der Waals surface area contributed by atoms with Crippen molar-refractivity contribution >= 4 is 36.0 Å². The predicted octanol–water partition coefficient (Wildman–Crippen LogP) is 4.72. The van der Waals surface area contributed by atoms with Gasteiger partial charge in [0.25, 0.3) is 5.91 Å². The molecule has 4 aromatic rings. The number of carbonyl (C=O) groups is 1. The summed E-state index contributed by atoms with van der Waals surface area (Å²) in [4.78, 5) is 22.1. The van der Waals surface area contributed by atoms with Crippen LogP contribution in [0.25, 0.3) is 33.5 Å². The normalized spacial score (nSPS) is 12.1. The number of halogens is 2. The highest BCUT2D eigenvalue weighted by molar-refractivity contribution is 6.76. The van der Waals surface area contributed by atoms with E-state index in [4.69, 9.17) is 4.74 Å². The number of carbonyl (C=O) groups excluding carboxylic acids is 1. The number of hydrogen-bond acceptors (Lipinski definition) is 5. The lowest BCUT2D eigenvalue weighted by atomic mass is 10.1. The standard InChI is InChI=1S/C24H30F2N6O2Si/c1-6-7-27-24(33)16-13-32(14-34-8-9-35(3,4)5)23-21(16)29-18(12-28-23)22-20-17(26)10-15(25)11-19(20)31(2)30-22/h10-13H,6-9,14H2,1-5H3,(H,27,33). The van der Waals surface area contributed by atoms with Crippen LogP contribution in [0.3, 0.4) is 0 Å². The highest BCUT2D eigenvalue weighted by Gasteiger charge is 2.22. The molecule has 186 valence electrons. The molecule has 0 unspecified atom stereocenters. The number of benzene rings is 1. The van der Waals surface area contributed by atoms with Crippen molar-refractivity contribution < 1.29 is 18.3 Å². The first kappa shape index (κ1) is 24.9. The van der Waals surface area contributed by atoms with E-state index in [1.807, 2.05) is 6.92 Å². The molecule has 0 saturated carbocycles. The van der Waals surface area contributed by atoms with Gasteiger partial charge in [0.1, 0.15) is 35.3 Å². The Bertz CT molecular complexity index is 1390. The molecular formula is C24H30F2N6O2Si. The van der Waals surface area contributed by atoms with Crippen molar-refractivity contribution in [3.05, 3.63) is 41.7 Å². The second-order valence-electron chi connectivity index (χ2n) is 9.80. The number of amides is 1. The third-order valence-corrected chi connectivity index (χ3v) is 7.39. The topological polar surface area (TPSA) is 86.9 Å². The number of ether oxygens (including phenoxy) is 1. The van der Waals surface area contributed by atoms with Crippen molar-refractivity contribution in [1.82, 2.24) is 29.6 Å². The van der Waals surface area contributed by atoms with E-state index in [1.165, 1.54) is 16.9 Å². The van der Waals surface area contributed by atoms with Crippen LogP contribution >= 0.6 is 0 Å². The third kappa shape index (κ3) is 5.25. The highest BCUT2D eigenvalue weighted by Crippen LogP contribution is 2.31. The van der Waals surface area contributed by atoms with E-state index in [0.717, 1.165) is 18.5 Å². The quantitative estimate of drug-likeness (QED) is 0.266. The first-order chi connectivity index (χ1) is 16.6. The fourth-order valence-electron chi connectivity index (χ4n) is 3.79. The van der Waals surface area contributed by atoms with Crippen LogP contribution in [0.1, 0.15) is 23.7 Å². The molecule has 0 atom stereocenters. The minimum Gasteiger partial charge on any atom is -0.361 e. The van der Waals surface area contributed by atoms with Crippen LogP contribution in [0, 0.1) is 11.6 Å². The summed E-state index contributed by atoms with van der Waals surface area (Å²) in [6.07, 6.45) is 3.95. The summed E-state index contributed by atoms with van der Waals surface area (Å²) in [6, 6.07) is 3.06. The fraction of sp³-hybridized carbons (Fsp3) is 0.417. The Morgan fingerprint density at radius 2 is 2.00 bits per heavy atom. The number of hydrogen-bond donors (Lipinski definition) is 1. The Labute approximate surface area is 203 Å². The molecule has 0 radical (unpaired) electrons. The maximum atomic E-state index is 14.7. The van der Waals surface area contributed by atoms with Crippen molar-refractivity contribution in [2.45, 2.75) is 45.8 Å². The molecule has 0 bridgehead atoms. The van der Waals surface area contributed by atoms with Gasteiger partial charge in [-0.2, -0.15) is 5.10 Å². The van der Waals surface area contributed by atoms with E-state index in [-0.39, 0.29) is 29.4 Å².